The first kappa shape index (κ1) is 24.4. The van der Waals surface area contributed by atoms with Gasteiger partial charge in [-0.25, -0.2) is 0 Å². The van der Waals surface area contributed by atoms with Gasteiger partial charge >= 0.3 is 0 Å². The molecule has 2 atom stereocenters. The fourth-order valence-electron chi connectivity index (χ4n) is 2.18. The summed E-state index contributed by atoms with van der Waals surface area (Å²) in [7, 11) is 0. The van der Waals surface area contributed by atoms with Crippen molar-refractivity contribution in [2.24, 2.45) is 11.7 Å². The molecule has 0 spiro atoms. The van der Waals surface area contributed by atoms with E-state index in [4.69, 9.17) is 5.73 Å². The molecule has 0 saturated heterocycles. The molecule has 0 aliphatic heterocycles. The Balaban J connectivity index is 0.00000625. The van der Waals surface area contributed by atoms with E-state index in [1.54, 1.807) is 0 Å². The van der Waals surface area contributed by atoms with E-state index < -0.39 is 12.1 Å². The average molecular weight is 386 g/mol. The zero-order chi connectivity index (χ0) is 19.2. The summed E-state index contributed by atoms with van der Waals surface area (Å²) in [5.41, 5.74) is 7.66. The molecular weight excluding hydrogens is 354 g/mol. The molecule has 0 heterocycles. The van der Waals surface area contributed by atoms with Gasteiger partial charge in [-0.2, -0.15) is 0 Å². The predicted molar refractivity (Wildman–Crippen MR) is 106 cm³/mol. The number of benzene rings is 1. The van der Waals surface area contributed by atoms with Gasteiger partial charge in [0.05, 0.1) is 18.7 Å². The first-order chi connectivity index (χ1) is 11.5. The highest BCUT2D eigenvalue weighted by atomic mass is 35.5. The summed E-state index contributed by atoms with van der Waals surface area (Å²) < 4.78 is 0. The highest BCUT2D eigenvalue weighted by Gasteiger charge is 2.18. The molecule has 7 heteroatoms. The van der Waals surface area contributed by atoms with Crippen molar-refractivity contribution in [2.45, 2.75) is 52.2 Å². The van der Waals surface area contributed by atoms with Gasteiger partial charge in [-0.05, 0) is 22.5 Å². The maximum Gasteiger partial charge on any atom is 0.239 e. The lowest BCUT2D eigenvalue weighted by Crippen LogP contribution is -2.47. The molecule has 0 aliphatic rings. The van der Waals surface area contributed by atoms with Gasteiger partial charge in [0.2, 0.25) is 11.8 Å². The Morgan fingerprint density at radius 2 is 1.65 bits per heavy atom. The van der Waals surface area contributed by atoms with Crippen LogP contribution in [0.1, 0.15) is 51.8 Å². The number of halogens is 1. The first-order valence-corrected chi connectivity index (χ1v) is 8.61. The number of carbonyl (C=O) groups is 2. The van der Waals surface area contributed by atoms with Crippen LogP contribution in [0.2, 0.25) is 0 Å². The Morgan fingerprint density at radius 1 is 1.12 bits per heavy atom. The van der Waals surface area contributed by atoms with Gasteiger partial charge in [-0.15, -0.1) is 12.4 Å². The number of amides is 2. The van der Waals surface area contributed by atoms with E-state index in [1.165, 1.54) is 5.56 Å². The second-order valence-corrected chi connectivity index (χ2v) is 7.68. The topological polar surface area (TPSA) is 104 Å². The number of rotatable bonds is 7. The van der Waals surface area contributed by atoms with Crippen molar-refractivity contribution in [1.82, 2.24) is 10.6 Å². The molecular formula is C19H32ClN3O3. The minimum absolute atomic E-state index is 0. The van der Waals surface area contributed by atoms with Crippen LogP contribution in [0.5, 0.6) is 0 Å². The molecule has 26 heavy (non-hydrogen) atoms. The normalized spacial score (nSPS) is 13.5. The van der Waals surface area contributed by atoms with Crippen LogP contribution < -0.4 is 16.4 Å². The second-order valence-electron chi connectivity index (χ2n) is 7.68. The monoisotopic (exact) mass is 385 g/mol. The summed E-state index contributed by atoms with van der Waals surface area (Å²) in [6.45, 7) is 9.97. The van der Waals surface area contributed by atoms with E-state index in [-0.39, 0.29) is 48.6 Å². The van der Waals surface area contributed by atoms with Crippen LogP contribution in [0.4, 0.5) is 0 Å². The highest BCUT2D eigenvalue weighted by molar-refractivity contribution is 5.87. The van der Waals surface area contributed by atoms with Crippen molar-refractivity contribution in [2.75, 3.05) is 13.1 Å². The van der Waals surface area contributed by atoms with Crippen LogP contribution in [0.25, 0.3) is 0 Å². The van der Waals surface area contributed by atoms with Crippen LogP contribution in [0, 0.1) is 5.92 Å². The van der Waals surface area contributed by atoms with E-state index in [0.29, 0.717) is 0 Å². The van der Waals surface area contributed by atoms with E-state index in [9.17, 15) is 14.7 Å². The highest BCUT2D eigenvalue weighted by Crippen LogP contribution is 2.23. The number of nitrogens with one attached hydrogen (secondary N) is 2. The smallest absolute Gasteiger partial charge is 0.239 e. The Bertz CT molecular complexity index is 583. The maximum absolute atomic E-state index is 11.8. The number of aliphatic hydroxyl groups excluding tert-OH is 1. The van der Waals surface area contributed by atoms with Gasteiger partial charge in [0, 0.05) is 6.54 Å². The lowest BCUT2D eigenvalue weighted by atomic mass is 9.86. The van der Waals surface area contributed by atoms with E-state index in [1.807, 2.05) is 38.1 Å². The molecule has 0 radical (unpaired) electrons. The van der Waals surface area contributed by atoms with Crippen molar-refractivity contribution in [3.8, 4) is 0 Å². The summed E-state index contributed by atoms with van der Waals surface area (Å²) in [5, 5.41) is 15.3. The SMILES string of the molecule is CC(C)[C@H](N)C(=O)NCC(=O)NCC(O)c1ccc(C(C)(C)C)cc1.Cl. The molecule has 1 rings (SSSR count). The van der Waals surface area contributed by atoms with E-state index in [2.05, 4.69) is 31.4 Å². The first-order valence-electron chi connectivity index (χ1n) is 8.61. The third kappa shape index (κ3) is 7.72. The largest absolute Gasteiger partial charge is 0.387 e. The van der Waals surface area contributed by atoms with Gasteiger partial charge in [0.15, 0.2) is 0 Å². The molecule has 0 bridgehead atoms. The minimum atomic E-state index is -0.799. The number of hydrogen-bond donors (Lipinski definition) is 4. The molecule has 1 aromatic rings. The molecule has 0 fully saturated rings. The summed E-state index contributed by atoms with van der Waals surface area (Å²) in [6.07, 6.45) is -0.799. The molecule has 6 nitrogen and oxygen atoms in total. The number of aliphatic hydroxyl groups is 1. The standard InChI is InChI=1S/C19H31N3O3.ClH/c1-12(2)17(20)18(25)22-11-16(24)21-10-15(23)13-6-8-14(9-7-13)19(3,4)5;/h6-9,12,15,17,23H,10-11,20H2,1-5H3,(H,21,24)(H,22,25);1H/t15?,17-;/m0./s1. The van der Waals surface area contributed by atoms with Gasteiger partial charge < -0.3 is 21.5 Å². The lowest BCUT2D eigenvalue weighted by molar-refractivity contribution is -0.127. The van der Waals surface area contributed by atoms with Crippen LogP contribution >= 0.6 is 12.4 Å². The minimum Gasteiger partial charge on any atom is -0.387 e. The zero-order valence-electron chi connectivity index (χ0n) is 16.2. The van der Waals surface area contributed by atoms with Crippen molar-refractivity contribution >= 4 is 24.2 Å². The third-order valence-corrected chi connectivity index (χ3v) is 4.10. The molecule has 0 saturated carbocycles. The predicted octanol–water partition coefficient (Wildman–Crippen LogP) is 1.66. The van der Waals surface area contributed by atoms with Crippen molar-refractivity contribution < 1.29 is 14.7 Å². The zero-order valence-corrected chi connectivity index (χ0v) is 17.0. The van der Waals surface area contributed by atoms with Crippen LogP contribution in [0.15, 0.2) is 24.3 Å². The summed E-state index contributed by atoms with van der Waals surface area (Å²) in [4.78, 5) is 23.5. The summed E-state index contributed by atoms with van der Waals surface area (Å²) >= 11 is 0. The fourth-order valence-corrected chi connectivity index (χ4v) is 2.18. The quantitative estimate of drug-likeness (QED) is 0.572. The van der Waals surface area contributed by atoms with Crippen LogP contribution in [0.3, 0.4) is 0 Å². The molecule has 5 N–H and O–H groups in total. The summed E-state index contributed by atoms with van der Waals surface area (Å²) in [6, 6.07) is 7.04. The van der Waals surface area contributed by atoms with Crippen molar-refractivity contribution in [3.63, 3.8) is 0 Å². The Labute approximate surface area is 162 Å². The van der Waals surface area contributed by atoms with Gasteiger partial charge in [-0.1, -0.05) is 58.9 Å². The van der Waals surface area contributed by atoms with Gasteiger partial charge in [0.1, 0.15) is 0 Å². The van der Waals surface area contributed by atoms with E-state index >= 15 is 0 Å². The Hall–Kier alpha value is -1.63. The van der Waals surface area contributed by atoms with Crippen LogP contribution in [-0.4, -0.2) is 36.1 Å². The number of nitrogens with two attached hydrogens (primary N) is 1. The molecule has 1 aromatic carbocycles. The summed E-state index contributed by atoms with van der Waals surface area (Å²) in [5.74, 6) is -0.723. The molecule has 2 amide bonds. The van der Waals surface area contributed by atoms with Crippen molar-refractivity contribution in [1.29, 1.82) is 0 Å². The molecule has 148 valence electrons. The second kappa shape index (κ2) is 10.5. The number of carbonyl (C=O) groups excluding carboxylic acids is 2. The molecule has 0 aliphatic carbocycles. The Morgan fingerprint density at radius 3 is 2.12 bits per heavy atom. The third-order valence-electron chi connectivity index (χ3n) is 4.10. The number of hydrogen-bond acceptors (Lipinski definition) is 4. The van der Waals surface area contributed by atoms with Crippen molar-refractivity contribution in [3.05, 3.63) is 35.4 Å². The molecule has 0 aromatic heterocycles. The Kier molecular flexibility index (Phi) is 9.84. The lowest BCUT2D eigenvalue weighted by Gasteiger charge is -2.20. The van der Waals surface area contributed by atoms with Gasteiger partial charge in [0.25, 0.3) is 0 Å². The van der Waals surface area contributed by atoms with Gasteiger partial charge in [-0.3, -0.25) is 9.59 Å². The van der Waals surface area contributed by atoms with Crippen LogP contribution in [-0.2, 0) is 15.0 Å². The van der Waals surface area contributed by atoms with E-state index in [0.717, 1.165) is 5.56 Å². The average Bonchev–Trinajstić information content (AvgIpc) is 2.55. The fraction of sp³-hybridized carbons (Fsp3) is 0.579. The maximum atomic E-state index is 11.8. The molecule has 1 unspecified atom stereocenters.